The van der Waals surface area contributed by atoms with Gasteiger partial charge in [-0.3, -0.25) is 9.59 Å². The number of nitrogens with zero attached hydrogens (tertiary/aromatic N) is 2. The van der Waals surface area contributed by atoms with Crippen LogP contribution in [0.25, 0.3) is 0 Å². The highest BCUT2D eigenvalue weighted by Crippen LogP contribution is 2.30. The maximum atomic E-state index is 13.4. The summed E-state index contributed by atoms with van der Waals surface area (Å²) in [6, 6.07) is 3.29. The lowest BCUT2D eigenvalue weighted by molar-refractivity contribution is -0.143. The van der Waals surface area contributed by atoms with Gasteiger partial charge in [-0.05, 0) is 37.3 Å². The second-order valence-electron chi connectivity index (χ2n) is 6.88. The van der Waals surface area contributed by atoms with Gasteiger partial charge in [0.25, 0.3) is 0 Å². The number of likely N-dealkylation sites (tertiary alicyclic amines) is 1. The molecule has 3 rings (SSSR count). The highest BCUT2D eigenvalue weighted by atomic mass is 19.2. The van der Waals surface area contributed by atoms with Crippen molar-refractivity contribution in [1.82, 2.24) is 4.90 Å². The minimum Gasteiger partial charge on any atom is -0.337 e. The number of nitrogens with two attached hydrogens (primary N) is 1. The molecule has 2 fully saturated rings. The third-order valence-corrected chi connectivity index (χ3v) is 5.36. The molecule has 0 aliphatic carbocycles. The molecule has 0 unspecified atom stereocenters. The first-order valence-electron chi connectivity index (χ1n) is 8.71. The van der Waals surface area contributed by atoms with Crippen LogP contribution in [0.5, 0.6) is 0 Å². The van der Waals surface area contributed by atoms with Crippen LogP contribution in [0.2, 0.25) is 0 Å². The van der Waals surface area contributed by atoms with E-state index in [1.54, 1.807) is 4.90 Å². The van der Waals surface area contributed by atoms with Crippen molar-refractivity contribution in [3.8, 4) is 0 Å². The highest BCUT2D eigenvalue weighted by Gasteiger charge is 2.42. The minimum absolute atomic E-state index is 0.0497. The number of benzene rings is 1. The molecule has 2 heterocycles. The Balaban J connectivity index is 1.76. The Hall–Kier alpha value is -2.02. The first-order chi connectivity index (χ1) is 11.9. The van der Waals surface area contributed by atoms with E-state index in [1.165, 1.54) is 11.0 Å². The molecule has 5 nitrogen and oxygen atoms in total. The van der Waals surface area contributed by atoms with E-state index >= 15 is 0 Å². The van der Waals surface area contributed by atoms with Gasteiger partial charge in [0, 0.05) is 37.4 Å². The average molecular weight is 351 g/mol. The highest BCUT2D eigenvalue weighted by molar-refractivity contribution is 6.09. The molecule has 0 bridgehead atoms. The van der Waals surface area contributed by atoms with E-state index < -0.39 is 17.6 Å². The van der Waals surface area contributed by atoms with Crippen molar-refractivity contribution in [1.29, 1.82) is 0 Å². The third kappa shape index (κ3) is 3.25. The third-order valence-electron chi connectivity index (χ3n) is 5.36. The van der Waals surface area contributed by atoms with Crippen molar-refractivity contribution in [2.75, 3.05) is 24.5 Å². The summed E-state index contributed by atoms with van der Waals surface area (Å²) in [5.74, 6) is -2.99. The predicted octanol–water partition coefficient (Wildman–Crippen LogP) is 1.90. The molecule has 2 aliphatic rings. The van der Waals surface area contributed by atoms with E-state index in [4.69, 9.17) is 5.73 Å². The molecule has 2 aliphatic heterocycles. The van der Waals surface area contributed by atoms with Gasteiger partial charge < -0.3 is 15.5 Å². The molecule has 1 aromatic rings. The van der Waals surface area contributed by atoms with Gasteiger partial charge in [0.15, 0.2) is 11.6 Å². The topological polar surface area (TPSA) is 66.6 Å². The molecule has 25 heavy (non-hydrogen) atoms. The van der Waals surface area contributed by atoms with Crippen molar-refractivity contribution in [2.45, 2.75) is 32.2 Å². The lowest BCUT2D eigenvalue weighted by Gasteiger charge is -2.40. The molecule has 0 aromatic heterocycles. The standard InChI is InChI=1S/C18H23F2N3O2/c1-11-3-2-7-23(16(11)10-21)18(25)13-6-8-22(17(13)24)12-4-5-14(19)15(20)9-12/h4-5,9,11,13,16H,2-3,6-8,10,21H2,1H3/t11-,13+,16+/m1/s1. The number of hydrogen-bond acceptors (Lipinski definition) is 3. The Morgan fingerprint density at radius 2 is 2.00 bits per heavy atom. The summed E-state index contributed by atoms with van der Waals surface area (Å²) in [4.78, 5) is 28.7. The summed E-state index contributed by atoms with van der Waals surface area (Å²) in [7, 11) is 0. The van der Waals surface area contributed by atoms with Crippen LogP contribution in [0.15, 0.2) is 18.2 Å². The van der Waals surface area contributed by atoms with Crippen molar-refractivity contribution in [3.05, 3.63) is 29.8 Å². The first kappa shape index (κ1) is 17.8. The molecule has 136 valence electrons. The van der Waals surface area contributed by atoms with Gasteiger partial charge in [-0.1, -0.05) is 6.92 Å². The molecule has 0 saturated carbocycles. The fourth-order valence-electron chi connectivity index (χ4n) is 3.90. The molecular formula is C18H23F2N3O2. The van der Waals surface area contributed by atoms with E-state index in [2.05, 4.69) is 6.92 Å². The van der Waals surface area contributed by atoms with Crippen molar-refractivity contribution in [3.63, 3.8) is 0 Å². The molecule has 7 heteroatoms. The van der Waals surface area contributed by atoms with Gasteiger partial charge in [-0.25, -0.2) is 8.78 Å². The number of anilines is 1. The number of amides is 2. The van der Waals surface area contributed by atoms with Crippen molar-refractivity contribution in [2.24, 2.45) is 17.6 Å². The lowest BCUT2D eigenvalue weighted by Crippen LogP contribution is -2.54. The van der Waals surface area contributed by atoms with Crippen LogP contribution in [-0.4, -0.2) is 42.4 Å². The van der Waals surface area contributed by atoms with Crippen LogP contribution in [0.1, 0.15) is 26.2 Å². The Labute approximate surface area is 145 Å². The van der Waals surface area contributed by atoms with Gasteiger partial charge in [0.2, 0.25) is 11.8 Å². The van der Waals surface area contributed by atoms with Gasteiger partial charge in [0.05, 0.1) is 0 Å². The predicted molar refractivity (Wildman–Crippen MR) is 89.8 cm³/mol. The zero-order valence-electron chi connectivity index (χ0n) is 14.3. The molecule has 0 radical (unpaired) electrons. The Kier molecular flexibility index (Phi) is 5.03. The van der Waals surface area contributed by atoms with Crippen LogP contribution in [-0.2, 0) is 9.59 Å². The van der Waals surface area contributed by atoms with Crippen LogP contribution in [0.3, 0.4) is 0 Å². The van der Waals surface area contributed by atoms with Crippen LogP contribution in [0, 0.1) is 23.5 Å². The van der Waals surface area contributed by atoms with Gasteiger partial charge in [-0.2, -0.15) is 0 Å². The maximum Gasteiger partial charge on any atom is 0.239 e. The summed E-state index contributed by atoms with van der Waals surface area (Å²) in [5.41, 5.74) is 6.12. The molecule has 2 N–H and O–H groups in total. The molecule has 1 aromatic carbocycles. The molecular weight excluding hydrogens is 328 g/mol. The molecule has 2 saturated heterocycles. The Morgan fingerprint density at radius 3 is 2.68 bits per heavy atom. The summed E-state index contributed by atoms with van der Waals surface area (Å²) >= 11 is 0. The normalized spacial score (nSPS) is 27.0. The number of piperidine rings is 1. The van der Waals surface area contributed by atoms with E-state index in [1.807, 2.05) is 0 Å². The van der Waals surface area contributed by atoms with Crippen LogP contribution in [0.4, 0.5) is 14.5 Å². The summed E-state index contributed by atoms with van der Waals surface area (Å²) in [5, 5.41) is 0. The number of carbonyl (C=O) groups excluding carboxylic acids is 2. The number of halogens is 2. The SMILES string of the molecule is C[C@@H]1CCCN(C(=O)[C@H]2CCN(c3ccc(F)c(F)c3)C2=O)[C@H]1CN. The molecule has 2 amide bonds. The minimum atomic E-state index is -1.01. The maximum absolute atomic E-state index is 13.4. The number of rotatable bonds is 3. The molecule has 0 spiro atoms. The van der Waals surface area contributed by atoms with E-state index in [9.17, 15) is 18.4 Å². The zero-order valence-corrected chi connectivity index (χ0v) is 14.3. The fraction of sp³-hybridized carbons (Fsp3) is 0.556. The first-order valence-corrected chi connectivity index (χ1v) is 8.71. The zero-order chi connectivity index (χ0) is 18.1. The van der Waals surface area contributed by atoms with E-state index in [0.29, 0.717) is 32.0 Å². The van der Waals surface area contributed by atoms with Gasteiger partial charge in [0.1, 0.15) is 5.92 Å². The smallest absolute Gasteiger partial charge is 0.239 e. The van der Waals surface area contributed by atoms with E-state index in [0.717, 1.165) is 25.0 Å². The Bertz CT molecular complexity index is 682. The quantitative estimate of drug-likeness (QED) is 0.846. The largest absolute Gasteiger partial charge is 0.337 e. The average Bonchev–Trinajstić information content (AvgIpc) is 2.98. The summed E-state index contributed by atoms with van der Waals surface area (Å²) in [6.45, 7) is 3.37. The Morgan fingerprint density at radius 1 is 1.24 bits per heavy atom. The second kappa shape index (κ2) is 7.07. The number of carbonyl (C=O) groups is 2. The van der Waals surface area contributed by atoms with E-state index in [-0.39, 0.29) is 23.5 Å². The second-order valence-corrected chi connectivity index (χ2v) is 6.88. The summed E-state index contributed by atoms with van der Waals surface area (Å²) in [6.07, 6.45) is 2.29. The van der Waals surface area contributed by atoms with Crippen LogP contribution < -0.4 is 10.6 Å². The van der Waals surface area contributed by atoms with Crippen LogP contribution >= 0.6 is 0 Å². The van der Waals surface area contributed by atoms with Crippen molar-refractivity contribution >= 4 is 17.5 Å². The summed E-state index contributed by atoms with van der Waals surface area (Å²) < 4.78 is 26.5. The van der Waals surface area contributed by atoms with Crippen molar-refractivity contribution < 1.29 is 18.4 Å². The van der Waals surface area contributed by atoms with Gasteiger partial charge >= 0.3 is 0 Å². The fourth-order valence-corrected chi connectivity index (χ4v) is 3.90. The number of hydrogen-bond donors (Lipinski definition) is 1. The monoisotopic (exact) mass is 351 g/mol. The van der Waals surface area contributed by atoms with Gasteiger partial charge in [-0.15, -0.1) is 0 Å². The molecule has 3 atom stereocenters. The lowest BCUT2D eigenvalue weighted by atomic mass is 9.89.